The Bertz CT molecular complexity index is 429. The molecule has 0 spiro atoms. The first kappa shape index (κ1) is 16.8. The maximum absolute atomic E-state index is 5.96. The van der Waals surface area contributed by atoms with Crippen LogP contribution in [0.5, 0.6) is 5.75 Å². The van der Waals surface area contributed by atoms with Crippen molar-refractivity contribution in [3.63, 3.8) is 0 Å². The van der Waals surface area contributed by atoms with Crippen LogP contribution in [-0.2, 0) is 0 Å². The molecule has 0 fully saturated rings. The van der Waals surface area contributed by atoms with Gasteiger partial charge in [-0.15, -0.1) is 0 Å². The van der Waals surface area contributed by atoms with Gasteiger partial charge in [0.25, 0.3) is 0 Å². The Balaban J connectivity index is 2.57. The molecule has 0 radical (unpaired) electrons. The molecule has 0 aromatic heterocycles. The van der Waals surface area contributed by atoms with E-state index in [9.17, 15) is 0 Å². The molecule has 1 rings (SSSR count). The van der Waals surface area contributed by atoms with Crippen molar-refractivity contribution >= 4 is 6.08 Å². The Hall–Kier alpha value is -1.28. The van der Waals surface area contributed by atoms with Crippen molar-refractivity contribution < 1.29 is 4.74 Å². The van der Waals surface area contributed by atoms with Gasteiger partial charge in [-0.1, -0.05) is 38.1 Å². The molecule has 0 saturated carbocycles. The van der Waals surface area contributed by atoms with Gasteiger partial charge in [0.1, 0.15) is 11.9 Å². The average Bonchev–Trinajstić information content (AvgIpc) is 2.34. The predicted molar refractivity (Wildman–Crippen MR) is 88.2 cm³/mol. The summed E-state index contributed by atoms with van der Waals surface area (Å²) in [6.07, 6.45) is 4.50. The normalized spacial score (nSPS) is 13.9. The van der Waals surface area contributed by atoms with E-state index < -0.39 is 0 Å². The van der Waals surface area contributed by atoms with E-state index in [1.165, 1.54) is 5.56 Å². The second-order valence-electron chi connectivity index (χ2n) is 6.73. The van der Waals surface area contributed by atoms with Crippen LogP contribution >= 0.6 is 0 Å². The molecular formula is C18H29NO. The molecule has 0 amide bonds. The van der Waals surface area contributed by atoms with Crippen LogP contribution in [0.25, 0.3) is 6.08 Å². The number of benzene rings is 1. The molecule has 1 aromatic carbocycles. The van der Waals surface area contributed by atoms with Crippen molar-refractivity contribution in [2.75, 3.05) is 6.54 Å². The lowest BCUT2D eigenvalue weighted by atomic mass is 10.1. The van der Waals surface area contributed by atoms with Crippen LogP contribution in [0.3, 0.4) is 0 Å². The molecule has 1 N–H and O–H groups in total. The van der Waals surface area contributed by atoms with Crippen LogP contribution in [-0.4, -0.2) is 18.2 Å². The third kappa shape index (κ3) is 7.34. The van der Waals surface area contributed by atoms with Crippen LogP contribution in [0.4, 0.5) is 0 Å². The molecule has 2 nitrogen and oxygen atoms in total. The third-order valence-electron chi connectivity index (χ3n) is 2.79. The lowest BCUT2D eigenvalue weighted by Crippen LogP contribution is -2.41. The summed E-state index contributed by atoms with van der Waals surface area (Å²) in [4.78, 5) is 0. The Labute approximate surface area is 124 Å². The first-order chi connectivity index (χ1) is 9.26. The molecule has 112 valence electrons. The second-order valence-corrected chi connectivity index (χ2v) is 6.73. The largest absolute Gasteiger partial charge is 0.489 e. The first-order valence-electron chi connectivity index (χ1n) is 7.46. The minimum Gasteiger partial charge on any atom is -0.489 e. The van der Waals surface area contributed by atoms with Gasteiger partial charge >= 0.3 is 0 Å². The summed E-state index contributed by atoms with van der Waals surface area (Å²) >= 11 is 0. The minimum absolute atomic E-state index is 0.124. The van der Waals surface area contributed by atoms with Crippen LogP contribution in [0.1, 0.15) is 47.1 Å². The van der Waals surface area contributed by atoms with Crippen molar-refractivity contribution in [2.24, 2.45) is 5.92 Å². The van der Waals surface area contributed by atoms with Crippen molar-refractivity contribution in [2.45, 2.75) is 53.2 Å². The maximum Gasteiger partial charge on any atom is 0.120 e. The molecular weight excluding hydrogens is 246 g/mol. The van der Waals surface area contributed by atoms with E-state index in [2.05, 4.69) is 71.1 Å². The van der Waals surface area contributed by atoms with E-state index in [1.807, 2.05) is 12.1 Å². The molecule has 2 heteroatoms. The monoisotopic (exact) mass is 275 g/mol. The SMILES string of the molecule is CC(C)/C=C/c1cccc(O[C@@H](C)CNC(C)(C)C)c1. The predicted octanol–water partition coefficient (Wildman–Crippen LogP) is 4.51. The summed E-state index contributed by atoms with van der Waals surface area (Å²) < 4.78 is 5.96. The standard InChI is InChI=1S/C18H29NO/c1-14(2)10-11-16-8-7-9-17(12-16)20-15(3)13-19-18(4,5)6/h7-12,14-15,19H,13H2,1-6H3/b11-10+/t15-/m0/s1. The summed E-state index contributed by atoms with van der Waals surface area (Å²) in [6.45, 7) is 13.8. The first-order valence-corrected chi connectivity index (χ1v) is 7.46. The highest BCUT2D eigenvalue weighted by Gasteiger charge is 2.11. The number of hydrogen-bond acceptors (Lipinski definition) is 2. The summed E-state index contributed by atoms with van der Waals surface area (Å²) in [5, 5.41) is 3.46. The molecule has 0 bridgehead atoms. The van der Waals surface area contributed by atoms with Crippen LogP contribution in [0.15, 0.2) is 30.3 Å². The molecule has 20 heavy (non-hydrogen) atoms. The summed E-state index contributed by atoms with van der Waals surface area (Å²) in [5.41, 5.74) is 1.31. The fourth-order valence-electron chi connectivity index (χ4n) is 1.72. The Morgan fingerprint density at radius 2 is 1.90 bits per heavy atom. The third-order valence-corrected chi connectivity index (χ3v) is 2.79. The zero-order valence-corrected chi connectivity index (χ0v) is 13.7. The van der Waals surface area contributed by atoms with E-state index in [4.69, 9.17) is 4.74 Å². The van der Waals surface area contributed by atoms with Crippen molar-refractivity contribution in [3.8, 4) is 5.75 Å². The number of allylic oxidation sites excluding steroid dienone is 1. The molecule has 0 unspecified atom stereocenters. The van der Waals surface area contributed by atoms with E-state index in [0.717, 1.165) is 12.3 Å². The zero-order valence-electron chi connectivity index (χ0n) is 13.7. The number of ether oxygens (including phenoxy) is 1. The minimum atomic E-state index is 0.124. The highest BCUT2D eigenvalue weighted by atomic mass is 16.5. The van der Waals surface area contributed by atoms with Gasteiger partial charge in [-0.2, -0.15) is 0 Å². The van der Waals surface area contributed by atoms with Crippen molar-refractivity contribution in [3.05, 3.63) is 35.9 Å². The van der Waals surface area contributed by atoms with Gasteiger partial charge in [-0.25, -0.2) is 0 Å². The molecule has 0 aliphatic heterocycles. The summed E-state index contributed by atoms with van der Waals surface area (Å²) in [6, 6.07) is 8.25. The van der Waals surface area contributed by atoms with Gasteiger partial charge in [0.05, 0.1) is 0 Å². The summed E-state index contributed by atoms with van der Waals surface area (Å²) in [5.74, 6) is 1.49. The van der Waals surface area contributed by atoms with Crippen LogP contribution in [0.2, 0.25) is 0 Å². The number of hydrogen-bond donors (Lipinski definition) is 1. The highest BCUT2D eigenvalue weighted by Crippen LogP contribution is 2.16. The molecule has 0 saturated heterocycles. The molecule has 1 aromatic rings. The summed E-state index contributed by atoms with van der Waals surface area (Å²) in [7, 11) is 0. The van der Waals surface area contributed by atoms with Gasteiger partial charge in [0.15, 0.2) is 0 Å². The molecule has 1 atom stereocenters. The quantitative estimate of drug-likeness (QED) is 0.824. The van der Waals surface area contributed by atoms with Gasteiger partial charge in [-0.3, -0.25) is 0 Å². The topological polar surface area (TPSA) is 21.3 Å². The lowest BCUT2D eigenvalue weighted by molar-refractivity contribution is 0.203. The maximum atomic E-state index is 5.96. The lowest BCUT2D eigenvalue weighted by Gasteiger charge is -2.24. The van der Waals surface area contributed by atoms with Crippen LogP contribution < -0.4 is 10.1 Å². The average molecular weight is 275 g/mol. The van der Waals surface area contributed by atoms with Gasteiger partial charge in [0.2, 0.25) is 0 Å². The van der Waals surface area contributed by atoms with Gasteiger partial charge in [0, 0.05) is 12.1 Å². The fraction of sp³-hybridized carbons (Fsp3) is 0.556. The molecule has 0 heterocycles. The van der Waals surface area contributed by atoms with Gasteiger partial charge in [-0.05, 0) is 51.3 Å². The van der Waals surface area contributed by atoms with Crippen LogP contribution in [0, 0.1) is 5.92 Å². The second kappa shape index (κ2) is 7.49. The van der Waals surface area contributed by atoms with E-state index in [0.29, 0.717) is 5.92 Å². The molecule has 0 aliphatic carbocycles. The fourth-order valence-corrected chi connectivity index (χ4v) is 1.72. The number of rotatable bonds is 6. The zero-order chi connectivity index (χ0) is 15.2. The Morgan fingerprint density at radius 1 is 1.20 bits per heavy atom. The number of nitrogens with one attached hydrogen (secondary N) is 1. The van der Waals surface area contributed by atoms with E-state index >= 15 is 0 Å². The molecule has 0 aliphatic rings. The smallest absolute Gasteiger partial charge is 0.120 e. The van der Waals surface area contributed by atoms with E-state index in [1.54, 1.807) is 0 Å². The van der Waals surface area contributed by atoms with E-state index in [-0.39, 0.29) is 11.6 Å². The Morgan fingerprint density at radius 3 is 2.50 bits per heavy atom. The Kier molecular flexibility index (Phi) is 6.28. The van der Waals surface area contributed by atoms with Crippen molar-refractivity contribution in [1.82, 2.24) is 5.32 Å². The van der Waals surface area contributed by atoms with Gasteiger partial charge < -0.3 is 10.1 Å². The van der Waals surface area contributed by atoms with Crippen molar-refractivity contribution in [1.29, 1.82) is 0 Å². The highest BCUT2D eigenvalue weighted by molar-refractivity contribution is 5.51.